The van der Waals surface area contributed by atoms with Crippen molar-refractivity contribution in [2.24, 2.45) is 0 Å². The number of esters is 1. The van der Waals surface area contributed by atoms with Gasteiger partial charge in [-0.05, 0) is 34.1 Å². The molecule has 0 spiro atoms. The average Bonchev–Trinajstić information content (AvgIpc) is 2.32. The molecule has 8 heteroatoms. The zero-order valence-electron chi connectivity index (χ0n) is 9.44. The van der Waals surface area contributed by atoms with Gasteiger partial charge in [-0.15, -0.1) is 0 Å². The lowest BCUT2D eigenvalue weighted by molar-refractivity contribution is -0.140. The number of carbonyl (C=O) groups excluding carboxylic acids is 1. The summed E-state index contributed by atoms with van der Waals surface area (Å²) in [5, 5.41) is 0.420. The molecule has 0 saturated carbocycles. The molecular formula is C10H11BrClNO4S. The fourth-order valence-corrected chi connectivity index (χ4v) is 2.82. The first-order chi connectivity index (χ1) is 8.36. The molecule has 0 amide bonds. The van der Waals surface area contributed by atoms with Crippen LogP contribution in [0.15, 0.2) is 27.6 Å². The van der Waals surface area contributed by atoms with Crippen LogP contribution >= 0.6 is 27.5 Å². The second kappa shape index (κ2) is 6.51. The summed E-state index contributed by atoms with van der Waals surface area (Å²) in [6, 6.07) is 4.25. The van der Waals surface area contributed by atoms with E-state index in [0.29, 0.717) is 9.50 Å². The second-order valence-electron chi connectivity index (χ2n) is 3.30. The Labute approximate surface area is 119 Å². The number of methoxy groups -OCH3 is 1. The molecule has 0 aliphatic carbocycles. The van der Waals surface area contributed by atoms with Crippen LogP contribution in [0.25, 0.3) is 0 Å². The van der Waals surface area contributed by atoms with E-state index in [-0.39, 0.29) is 17.9 Å². The zero-order chi connectivity index (χ0) is 13.8. The molecule has 5 nitrogen and oxygen atoms in total. The Morgan fingerprint density at radius 1 is 1.50 bits per heavy atom. The Bertz CT molecular complexity index is 547. The van der Waals surface area contributed by atoms with Crippen LogP contribution in [0.5, 0.6) is 0 Å². The third kappa shape index (κ3) is 4.24. The number of hydrogen-bond acceptors (Lipinski definition) is 4. The van der Waals surface area contributed by atoms with Crippen molar-refractivity contribution in [3.63, 3.8) is 0 Å². The highest BCUT2D eigenvalue weighted by atomic mass is 79.9. The Morgan fingerprint density at radius 2 is 2.17 bits per heavy atom. The van der Waals surface area contributed by atoms with Crippen molar-refractivity contribution in [1.29, 1.82) is 0 Å². The number of sulfonamides is 1. The van der Waals surface area contributed by atoms with E-state index < -0.39 is 16.0 Å². The first kappa shape index (κ1) is 15.4. The van der Waals surface area contributed by atoms with Gasteiger partial charge >= 0.3 is 5.97 Å². The molecule has 0 saturated heterocycles. The van der Waals surface area contributed by atoms with Gasteiger partial charge in [0.1, 0.15) is 0 Å². The topological polar surface area (TPSA) is 72.5 Å². The van der Waals surface area contributed by atoms with Gasteiger partial charge < -0.3 is 4.74 Å². The summed E-state index contributed by atoms with van der Waals surface area (Å²) in [4.78, 5) is 10.9. The Balaban J connectivity index is 2.74. The molecule has 0 fully saturated rings. The summed E-state index contributed by atoms with van der Waals surface area (Å²) in [6.45, 7) is -0.0186. The van der Waals surface area contributed by atoms with Crippen LogP contribution < -0.4 is 4.72 Å². The summed E-state index contributed by atoms with van der Waals surface area (Å²) >= 11 is 8.91. The fraction of sp³-hybridized carbons (Fsp3) is 0.300. The lowest BCUT2D eigenvalue weighted by Crippen LogP contribution is -2.26. The summed E-state index contributed by atoms with van der Waals surface area (Å²) in [7, 11) is -2.41. The molecule has 0 atom stereocenters. The van der Waals surface area contributed by atoms with E-state index in [2.05, 4.69) is 25.4 Å². The van der Waals surface area contributed by atoms with E-state index in [1.165, 1.54) is 25.3 Å². The van der Waals surface area contributed by atoms with Crippen molar-refractivity contribution < 1.29 is 17.9 Å². The van der Waals surface area contributed by atoms with E-state index in [9.17, 15) is 13.2 Å². The van der Waals surface area contributed by atoms with E-state index >= 15 is 0 Å². The summed E-state index contributed by atoms with van der Waals surface area (Å²) in [5.41, 5.74) is 0. The highest BCUT2D eigenvalue weighted by molar-refractivity contribution is 9.10. The standard InChI is InChI=1S/C10H11BrClNO4S/c1-17-10(14)4-5-13-18(15,16)7-2-3-9(12)8(11)6-7/h2-3,6,13H,4-5H2,1H3. The molecular weight excluding hydrogens is 346 g/mol. The monoisotopic (exact) mass is 355 g/mol. The normalized spacial score (nSPS) is 11.3. The maximum absolute atomic E-state index is 11.8. The van der Waals surface area contributed by atoms with Gasteiger partial charge in [-0.25, -0.2) is 13.1 Å². The second-order valence-corrected chi connectivity index (χ2v) is 6.33. The number of carbonyl (C=O) groups is 1. The first-order valence-electron chi connectivity index (χ1n) is 4.88. The summed E-state index contributed by atoms with van der Waals surface area (Å²) in [6.07, 6.45) is -0.0233. The molecule has 0 bridgehead atoms. The minimum Gasteiger partial charge on any atom is -0.469 e. The molecule has 18 heavy (non-hydrogen) atoms. The van der Waals surface area contributed by atoms with Crippen molar-refractivity contribution in [1.82, 2.24) is 4.72 Å². The molecule has 0 aliphatic rings. The van der Waals surface area contributed by atoms with Crippen molar-refractivity contribution in [2.45, 2.75) is 11.3 Å². The number of benzene rings is 1. The maximum atomic E-state index is 11.8. The Kier molecular flexibility index (Phi) is 5.58. The largest absolute Gasteiger partial charge is 0.469 e. The van der Waals surface area contributed by atoms with Gasteiger partial charge in [-0.2, -0.15) is 0 Å². The van der Waals surface area contributed by atoms with Gasteiger partial charge in [0.25, 0.3) is 0 Å². The van der Waals surface area contributed by atoms with Gasteiger partial charge in [-0.3, -0.25) is 4.79 Å². The molecule has 0 aromatic heterocycles. The maximum Gasteiger partial charge on any atom is 0.306 e. The SMILES string of the molecule is COC(=O)CCNS(=O)(=O)c1ccc(Cl)c(Br)c1. The fourth-order valence-electron chi connectivity index (χ4n) is 1.12. The van der Waals surface area contributed by atoms with E-state index in [0.717, 1.165) is 0 Å². The van der Waals surface area contributed by atoms with Crippen LogP contribution in [-0.2, 0) is 19.6 Å². The minimum atomic E-state index is -3.65. The molecule has 0 aliphatic heterocycles. The predicted octanol–water partition coefficient (Wildman–Crippen LogP) is 1.94. The van der Waals surface area contributed by atoms with E-state index in [1.807, 2.05) is 0 Å². The smallest absolute Gasteiger partial charge is 0.306 e. The number of ether oxygens (including phenoxy) is 1. The molecule has 0 radical (unpaired) electrons. The molecule has 1 N–H and O–H groups in total. The van der Waals surface area contributed by atoms with Crippen molar-refractivity contribution in [3.05, 3.63) is 27.7 Å². The molecule has 1 rings (SSSR count). The van der Waals surface area contributed by atoms with Crippen LogP contribution in [0.1, 0.15) is 6.42 Å². The lowest BCUT2D eigenvalue weighted by atomic mass is 10.4. The van der Waals surface area contributed by atoms with Crippen LogP contribution in [0, 0.1) is 0 Å². The number of nitrogens with one attached hydrogen (secondary N) is 1. The van der Waals surface area contributed by atoms with Crippen LogP contribution in [-0.4, -0.2) is 28.0 Å². The van der Waals surface area contributed by atoms with Gasteiger partial charge in [0.05, 0.1) is 23.4 Å². The van der Waals surface area contributed by atoms with Crippen molar-refractivity contribution >= 4 is 43.5 Å². The highest BCUT2D eigenvalue weighted by Gasteiger charge is 2.15. The third-order valence-corrected chi connectivity index (χ3v) is 4.72. The summed E-state index contributed by atoms with van der Waals surface area (Å²) < 4.78 is 30.9. The first-order valence-corrected chi connectivity index (χ1v) is 7.54. The van der Waals surface area contributed by atoms with Crippen LogP contribution in [0.4, 0.5) is 0 Å². The average molecular weight is 357 g/mol. The van der Waals surface area contributed by atoms with Crippen LogP contribution in [0.2, 0.25) is 5.02 Å². The van der Waals surface area contributed by atoms with Crippen LogP contribution in [0.3, 0.4) is 0 Å². The molecule has 1 aromatic carbocycles. The van der Waals surface area contributed by atoms with Crippen molar-refractivity contribution in [3.8, 4) is 0 Å². The number of rotatable bonds is 5. The quantitative estimate of drug-likeness (QED) is 0.818. The summed E-state index contributed by atoms with van der Waals surface area (Å²) in [5.74, 6) is -0.477. The Morgan fingerprint density at radius 3 is 2.72 bits per heavy atom. The van der Waals surface area contributed by atoms with E-state index in [4.69, 9.17) is 11.6 Å². The minimum absolute atomic E-state index is 0.0186. The number of hydrogen-bond donors (Lipinski definition) is 1. The Hall–Kier alpha value is -0.630. The molecule has 0 heterocycles. The van der Waals surface area contributed by atoms with Gasteiger partial charge in [0.2, 0.25) is 10.0 Å². The molecule has 0 unspecified atom stereocenters. The van der Waals surface area contributed by atoms with Gasteiger partial charge in [0.15, 0.2) is 0 Å². The van der Waals surface area contributed by atoms with Gasteiger partial charge in [0, 0.05) is 11.0 Å². The zero-order valence-corrected chi connectivity index (χ0v) is 12.6. The van der Waals surface area contributed by atoms with E-state index in [1.54, 1.807) is 0 Å². The predicted molar refractivity (Wildman–Crippen MR) is 71.0 cm³/mol. The molecule has 100 valence electrons. The highest BCUT2D eigenvalue weighted by Crippen LogP contribution is 2.25. The van der Waals surface area contributed by atoms with Gasteiger partial charge in [-0.1, -0.05) is 11.6 Å². The van der Waals surface area contributed by atoms with Crippen molar-refractivity contribution in [2.75, 3.05) is 13.7 Å². The number of halogens is 2. The lowest BCUT2D eigenvalue weighted by Gasteiger charge is -2.07. The third-order valence-electron chi connectivity index (χ3n) is 2.05. The molecule has 1 aromatic rings.